The first-order valence-corrected chi connectivity index (χ1v) is 10.0. The van der Waals surface area contributed by atoms with Gasteiger partial charge in [-0.15, -0.1) is 0 Å². The van der Waals surface area contributed by atoms with Crippen LogP contribution in [0.5, 0.6) is 0 Å². The molecule has 1 aromatic heterocycles. The van der Waals surface area contributed by atoms with Crippen LogP contribution in [0.3, 0.4) is 0 Å². The Morgan fingerprint density at radius 3 is 2.58 bits per heavy atom. The molecule has 1 aromatic carbocycles. The van der Waals surface area contributed by atoms with E-state index in [1.807, 2.05) is 19.1 Å². The molecule has 1 N–H and O–H groups in total. The van der Waals surface area contributed by atoms with Gasteiger partial charge in [-0.05, 0) is 43.5 Å². The molecule has 0 saturated heterocycles. The lowest BCUT2D eigenvalue weighted by Crippen LogP contribution is -2.36. The van der Waals surface area contributed by atoms with Crippen LogP contribution in [0.15, 0.2) is 53.7 Å². The molecule has 0 unspecified atom stereocenters. The van der Waals surface area contributed by atoms with Gasteiger partial charge in [0.2, 0.25) is 15.9 Å². The van der Waals surface area contributed by atoms with Crippen molar-refractivity contribution in [1.82, 2.24) is 14.6 Å². The minimum absolute atomic E-state index is 0.0741. The van der Waals surface area contributed by atoms with Crippen molar-refractivity contribution in [1.29, 1.82) is 0 Å². The van der Waals surface area contributed by atoms with E-state index in [1.54, 1.807) is 36.7 Å². The number of amides is 1. The minimum Gasteiger partial charge on any atom is -0.355 e. The zero-order valence-electron chi connectivity index (χ0n) is 15.2. The van der Waals surface area contributed by atoms with Gasteiger partial charge in [-0.1, -0.05) is 23.8 Å². The van der Waals surface area contributed by atoms with Crippen LogP contribution in [0.4, 0.5) is 0 Å². The van der Waals surface area contributed by atoms with Gasteiger partial charge >= 0.3 is 0 Å². The Kier molecular flexibility index (Phi) is 7.29. The number of pyridine rings is 1. The molecule has 26 heavy (non-hydrogen) atoms. The third-order valence-corrected chi connectivity index (χ3v) is 5.94. The lowest BCUT2D eigenvalue weighted by Gasteiger charge is -2.17. The number of nitrogens with zero attached hydrogens (tertiary/aromatic N) is 2. The van der Waals surface area contributed by atoms with Crippen molar-refractivity contribution in [3.05, 3.63) is 59.9 Å². The number of aromatic nitrogens is 1. The molecule has 2 rings (SSSR count). The van der Waals surface area contributed by atoms with Crippen LogP contribution in [0.1, 0.15) is 24.0 Å². The van der Waals surface area contributed by atoms with E-state index in [1.165, 1.54) is 11.4 Å². The van der Waals surface area contributed by atoms with Crippen molar-refractivity contribution < 1.29 is 13.2 Å². The number of benzene rings is 1. The third kappa shape index (κ3) is 5.93. The van der Waals surface area contributed by atoms with Gasteiger partial charge in [-0.3, -0.25) is 9.78 Å². The van der Waals surface area contributed by atoms with Gasteiger partial charge in [-0.25, -0.2) is 8.42 Å². The maximum Gasteiger partial charge on any atom is 0.242 e. The zero-order chi connectivity index (χ0) is 19.0. The molecule has 1 heterocycles. The fraction of sp³-hybridized carbons (Fsp3) is 0.368. The van der Waals surface area contributed by atoms with Gasteiger partial charge in [0.15, 0.2) is 0 Å². The van der Waals surface area contributed by atoms with E-state index in [9.17, 15) is 13.2 Å². The topological polar surface area (TPSA) is 79.4 Å². The summed E-state index contributed by atoms with van der Waals surface area (Å²) in [4.78, 5) is 16.2. The molecule has 0 radical (unpaired) electrons. The zero-order valence-corrected chi connectivity index (χ0v) is 16.0. The van der Waals surface area contributed by atoms with Crippen LogP contribution in [-0.2, 0) is 21.2 Å². The molecule has 7 heteroatoms. The van der Waals surface area contributed by atoms with E-state index in [-0.39, 0.29) is 23.9 Å². The summed E-state index contributed by atoms with van der Waals surface area (Å²) < 4.78 is 26.2. The Hall–Kier alpha value is -2.25. The molecule has 140 valence electrons. The van der Waals surface area contributed by atoms with Gasteiger partial charge in [0, 0.05) is 39.0 Å². The first-order valence-electron chi connectivity index (χ1n) is 8.58. The molecule has 2 aromatic rings. The predicted molar refractivity (Wildman–Crippen MR) is 101 cm³/mol. The molecule has 0 aliphatic carbocycles. The first kappa shape index (κ1) is 20.1. The average Bonchev–Trinajstić information content (AvgIpc) is 2.63. The SMILES string of the molecule is Cc1ccc(S(=O)(=O)N(C)CCNC(=O)CCCc2cccnc2)cc1. The summed E-state index contributed by atoms with van der Waals surface area (Å²) in [6, 6.07) is 10.6. The van der Waals surface area contributed by atoms with Gasteiger partial charge in [0.25, 0.3) is 0 Å². The molecular weight excluding hydrogens is 350 g/mol. The number of sulfonamides is 1. The van der Waals surface area contributed by atoms with E-state index in [0.717, 1.165) is 24.0 Å². The standard InChI is InChI=1S/C19H25N3O3S/c1-16-8-10-18(11-9-16)26(24,25)22(2)14-13-21-19(23)7-3-5-17-6-4-12-20-15-17/h4,6,8-12,15H,3,5,7,13-14H2,1-2H3,(H,21,23). The quantitative estimate of drug-likeness (QED) is 0.728. The second-order valence-corrected chi connectivity index (χ2v) is 8.25. The molecule has 0 aliphatic rings. The molecule has 0 atom stereocenters. The van der Waals surface area contributed by atoms with Gasteiger partial charge in [-0.2, -0.15) is 4.31 Å². The number of hydrogen-bond acceptors (Lipinski definition) is 4. The smallest absolute Gasteiger partial charge is 0.242 e. The lowest BCUT2D eigenvalue weighted by molar-refractivity contribution is -0.121. The van der Waals surface area contributed by atoms with E-state index in [0.29, 0.717) is 6.42 Å². The number of carbonyl (C=O) groups is 1. The van der Waals surface area contributed by atoms with E-state index in [4.69, 9.17) is 0 Å². The maximum absolute atomic E-state index is 12.5. The molecule has 1 amide bonds. The summed E-state index contributed by atoms with van der Waals surface area (Å²) in [5.41, 5.74) is 2.11. The number of rotatable bonds is 9. The maximum atomic E-state index is 12.5. The van der Waals surface area contributed by atoms with Crippen molar-refractivity contribution in [2.24, 2.45) is 0 Å². The number of likely N-dealkylation sites (N-methyl/N-ethyl adjacent to an activating group) is 1. The van der Waals surface area contributed by atoms with Crippen molar-refractivity contribution in [3.8, 4) is 0 Å². The van der Waals surface area contributed by atoms with Crippen molar-refractivity contribution in [2.75, 3.05) is 20.1 Å². The first-order chi connectivity index (χ1) is 12.4. The van der Waals surface area contributed by atoms with Gasteiger partial charge in [0.05, 0.1) is 4.90 Å². The largest absolute Gasteiger partial charge is 0.355 e. The van der Waals surface area contributed by atoms with Crippen LogP contribution in [0, 0.1) is 6.92 Å². The molecule has 0 fully saturated rings. The summed E-state index contributed by atoms with van der Waals surface area (Å²) >= 11 is 0. The Morgan fingerprint density at radius 1 is 1.19 bits per heavy atom. The highest BCUT2D eigenvalue weighted by Crippen LogP contribution is 2.14. The Morgan fingerprint density at radius 2 is 1.92 bits per heavy atom. The molecule has 0 spiro atoms. The fourth-order valence-electron chi connectivity index (χ4n) is 2.45. The number of carbonyl (C=O) groups excluding carboxylic acids is 1. The van der Waals surface area contributed by atoms with Crippen LogP contribution in [0.25, 0.3) is 0 Å². The van der Waals surface area contributed by atoms with Crippen LogP contribution in [-0.4, -0.2) is 43.8 Å². The van der Waals surface area contributed by atoms with Crippen molar-refractivity contribution in [3.63, 3.8) is 0 Å². The second-order valence-electron chi connectivity index (χ2n) is 6.20. The van der Waals surface area contributed by atoms with E-state index < -0.39 is 10.0 Å². The monoisotopic (exact) mass is 375 g/mol. The highest BCUT2D eigenvalue weighted by Gasteiger charge is 2.20. The van der Waals surface area contributed by atoms with Gasteiger partial charge < -0.3 is 5.32 Å². The number of nitrogens with one attached hydrogen (secondary N) is 1. The van der Waals surface area contributed by atoms with Crippen LogP contribution in [0.2, 0.25) is 0 Å². The van der Waals surface area contributed by atoms with Crippen LogP contribution < -0.4 is 5.32 Å². The summed E-state index contributed by atoms with van der Waals surface area (Å²) in [5.74, 6) is -0.0741. The fourth-order valence-corrected chi connectivity index (χ4v) is 3.62. The molecule has 0 bridgehead atoms. The molecular formula is C19H25N3O3S. The minimum atomic E-state index is -3.53. The van der Waals surface area contributed by atoms with Crippen molar-refractivity contribution >= 4 is 15.9 Å². The summed E-state index contributed by atoms with van der Waals surface area (Å²) in [6.45, 7) is 2.42. The van der Waals surface area contributed by atoms with E-state index in [2.05, 4.69) is 10.3 Å². The molecule has 0 saturated carbocycles. The molecule has 6 nitrogen and oxygen atoms in total. The summed E-state index contributed by atoms with van der Waals surface area (Å²) in [7, 11) is -2.01. The Labute approximate surface area is 155 Å². The second kappa shape index (κ2) is 9.45. The van der Waals surface area contributed by atoms with Crippen molar-refractivity contribution in [2.45, 2.75) is 31.1 Å². The van der Waals surface area contributed by atoms with Gasteiger partial charge in [0.1, 0.15) is 0 Å². The average molecular weight is 375 g/mol. The van der Waals surface area contributed by atoms with E-state index >= 15 is 0 Å². The number of aryl methyl sites for hydroxylation is 2. The summed E-state index contributed by atoms with van der Waals surface area (Å²) in [6.07, 6.45) is 5.45. The highest BCUT2D eigenvalue weighted by atomic mass is 32.2. The highest BCUT2D eigenvalue weighted by molar-refractivity contribution is 7.89. The third-order valence-electron chi connectivity index (χ3n) is 4.07. The normalized spacial score (nSPS) is 11.5. The van der Waals surface area contributed by atoms with Crippen LogP contribution >= 0.6 is 0 Å². The lowest BCUT2D eigenvalue weighted by atomic mass is 10.1. The summed E-state index contributed by atoms with van der Waals surface area (Å²) in [5, 5.41) is 2.77. The molecule has 0 aliphatic heterocycles. The predicted octanol–water partition coefficient (Wildman–Crippen LogP) is 2.15. The number of hydrogen-bond donors (Lipinski definition) is 1. The Bertz CT molecular complexity index is 806. The Balaban J connectivity index is 1.72.